The van der Waals surface area contributed by atoms with Crippen molar-refractivity contribution in [1.82, 2.24) is 14.5 Å². The first-order valence-corrected chi connectivity index (χ1v) is 13.0. The van der Waals surface area contributed by atoms with Gasteiger partial charge in [-0.3, -0.25) is 4.79 Å². The highest BCUT2D eigenvalue weighted by molar-refractivity contribution is 5.82. The number of carbonyl (C=O) groups excluding carboxylic acids is 1. The van der Waals surface area contributed by atoms with Crippen LogP contribution >= 0.6 is 0 Å². The molecule has 1 amide bonds. The summed E-state index contributed by atoms with van der Waals surface area (Å²) in [5.41, 5.74) is 5.89. The Morgan fingerprint density at radius 3 is 2.31 bits per heavy atom. The molecule has 1 unspecified atom stereocenters. The van der Waals surface area contributed by atoms with Gasteiger partial charge in [-0.2, -0.15) is 0 Å². The van der Waals surface area contributed by atoms with E-state index in [4.69, 9.17) is 4.98 Å². The average molecular weight is 482 g/mol. The number of rotatable bonds is 7. The van der Waals surface area contributed by atoms with Gasteiger partial charge in [0, 0.05) is 12.6 Å². The normalized spacial score (nSPS) is 15.2. The molecule has 186 valence electrons. The third-order valence-corrected chi connectivity index (χ3v) is 7.58. The molecule has 0 aliphatic heterocycles. The van der Waals surface area contributed by atoms with E-state index in [-0.39, 0.29) is 18.5 Å². The summed E-state index contributed by atoms with van der Waals surface area (Å²) in [6.45, 7) is 4.90. The number of carbonyl (C=O) groups is 1. The minimum Gasteiger partial charge on any atom is -0.380 e. The lowest BCUT2D eigenvalue weighted by Gasteiger charge is -2.35. The van der Waals surface area contributed by atoms with Gasteiger partial charge in [0.1, 0.15) is 18.5 Å². The third kappa shape index (κ3) is 5.07. The summed E-state index contributed by atoms with van der Waals surface area (Å²) >= 11 is 0. The first-order chi connectivity index (χ1) is 17.5. The van der Waals surface area contributed by atoms with E-state index in [2.05, 4.69) is 43.0 Å². The molecule has 5 nitrogen and oxygen atoms in total. The van der Waals surface area contributed by atoms with Gasteiger partial charge in [-0.05, 0) is 61.1 Å². The summed E-state index contributed by atoms with van der Waals surface area (Å²) in [5, 5.41) is 11.3. The lowest BCUT2D eigenvalue weighted by molar-refractivity contribution is -0.135. The van der Waals surface area contributed by atoms with Crippen LogP contribution in [0.15, 0.2) is 72.8 Å². The van der Waals surface area contributed by atoms with Crippen LogP contribution in [0.25, 0.3) is 11.0 Å². The fourth-order valence-electron chi connectivity index (χ4n) is 5.38. The molecule has 1 aliphatic rings. The van der Waals surface area contributed by atoms with Crippen molar-refractivity contribution in [3.8, 4) is 0 Å². The summed E-state index contributed by atoms with van der Waals surface area (Å²) in [6.07, 6.45) is 4.73. The number of aliphatic hydroxyl groups excluding tert-OH is 1. The van der Waals surface area contributed by atoms with Crippen molar-refractivity contribution in [2.45, 2.75) is 71.2 Å². The van der Waals surface area contributed by atoms with Gasteiger partial charge >= 0.3 is 0 Å². The Morgan fingerprint density at radius 2 is 1.61 bits per heavy atom. The Kier molecular flexibility index (Phi) is 7.19. The van der Waals surface area contributed by atoms with Gasteiger partial charge in [0.2, 0.25) is 5.91 Å². The maximum Gasteiger partial charge on any atom is 0.243 e. The van der Waals surface area contributed by atoms with E-state index >= 15 is 0 Å². The maximum atomic E-state index is 14.0. The number of aliphatic hydroxyl groups is 1. The van der Waals surface area contributed by atoms with E-state index in [0.29, 0.717) is 12.4 Å². The standard InChI is InChI=1S/C31H35N3O2/c1-22-18-27-28(19-23(22)2)34(31(32-27)30(36)25-14-8-4-9-15-25)21-29(35)33(26-16-10-5-11-17-26)20-24-12-6-3-7-13-24/h3-4,6-9,12-15,18-19,26,30,36H,5,10-11,16-17,20-21H2,1-2H3. The highest BCUT2D eigenvalue weighted by Crippen LogP contribution is 2.29. The number of aryl methyl sites for hydroxylation is 2. The molecular formula is C31H35N3O2. The van der Waals surface area contributed by atoms with Gasteiger partial charge in [-0.25, -0.2) is 4.98 Å². The smallest absolute Gasteiger partial charge is 0.243 e. The molecule has 36 heavy (non-hydrogen) atoms. The molecule has 1 aliphatic carbocycles. The number of nitrogens with zero attached hydrogens (tertiary/aromatic N) is 3. The second-order valence-corrected chi connectivity index (χ2v) is 10.1. The Hall–Kier alpha value is -3.44. The molecule has 0 radical (unpaired) electrons. The molecule has 1 fully saturated rings. The third-order valence-electron chi connectivity index (χ3n) is 7.58. The van der Waals surface area contributed by atoms with Crippen LogP contribution < -0.4 is 0 Å². The van der Waals surface area contributed by atoms with Gasteiger partial charge in [-0.1, -0.05) is 79.9 Å². The predicted molar refractivity (Wildman–Crippen MR) is 144 cm³/mol. The molecule has 5 rings (SSSR count). The Labute approximate surface area is 213 Å². The van der Waals surface area contributed by atoms with Crippen LogP contribution in [0.2, 0.25) is 0 Å². The van der Waals surface area contributed by atoms with Crippen molar-refractivity contribution in [2.24, 2.45) is 0 Å². The van der Waals surface area contributed by atoms with Crippen molar-refractivity contribution in [3.63, 3.8) is 0 Å². The number of hydrogen-bond donors (Lipinski definition) is 1. The monoisotopic (exact) mass is 481 g/mol. The van der Waals surface area contributed by atoms with Crippen LogP contribution in [0, 0.1) is 13.8 Å². The minimum atomic E-state index is -0.913. The van der Waals surface area contributed by atoms with Gasteiger partial charge in [0.15, 0.2) is 0 Å². The molecule has 1 aromatic heterocycles. The SMILES string of the molecule is Cc1cc2nc(C(O)c3ccccc3)n(CC(=O)N(Cc3ccccc3)C3CCCCC3)c2cc1C. The van der Waals surface area contributed by atoms with Gasteiger partial charge in [0.05, 0.1) is 11.0 Å². The predicted octanol–water partition coefficient (Wildman–Crippen LogP) is 6.10. The molecule has 0 bridgehead atoms. The Morgan fingerprint density at radius 1 is 0.972 bits per heavy atom. The average Bonchev–Trinajstić information content (AvgIpc) is 3.25. The lowest BCUT2D eigenvalue weighted by Crippen LogP contribution is -2.42. The topological polar surface area (TPSA) is 58.4 Å². The second-order valence-electron chi connectivity index (χ2n) is 10.1. The van der Waals surface area contributed by atoms with Crippen molar-refractivity contribution in [3.05, 3.63) is 101 Å². The molecule has 5 heteroatoms. The van der Waals surface area contributed by atoms with E-state index < -0.39 is 6.10 Å². The summed E-state index contributed by atoms with van der Waals surface area (Å²) < 4.78 is 1.93. The first-order valence-electron chi connectivity index (χ1n) is 13.0. The fourth-order valence-corrected chi connectivity index (χ4v) is 5.38. The largest absolute Gasteiger partial charge is 0.380 e. The molecule has 1 saturated carbocycles. The zero-order valence-corrected chi connectivity index (χ0v) is 21.2. The van der Waals surface area contributed by atoms with E-state index in [9.17, 15) is 9.90 Å². The fraction of sp³-hybridized carbons (Fsp3) is 0.355. The maximum absolute atomic E-state index is 14.0. The number of benzene rings is 3. The van der Waals surface area contributed by atoms with Gasteiger partial charge in [0.25, 0.3) is 0 Å². The molecule has 1 N–H and O–H groups in total. The number of imidazole rings is 1. The van der Waals surface area contributed by atoms with Gasteiger partial charge < -0.3 is 14.6 Å². The van der Waals surface area contributed by atoms with Crippen LogP contribution in [-0.4, -0.2) is 31.5 Å². The number of aromatic nitrogens is 2. The van der Waals surface area contributed by atoms with Crippen LogP contribution in [0.3, 0.4) is 0 Å². The van der Waals surface area contributed by atoms with Crippen molar-refractivity contribution in [2.75, 3.05) is 0 Å². The quantitative estimate of drug-likeness (QED) is 0.347. The molecule has 0 spiro atoms. The summed E-state index contributed by atoms with van der Waals surface area (Å²) in [5.74, 6) is 0.586. The summed E-state index contributed by atoms with van der Waals surface area (Å²) in [6, 6.07) is 24.2. The second kappa shape index (κ2) is 10.7. The minimum absolute atomic E-state index is 0.0739. The van der Waals surface area contributed by atoms with Crippen LogP contribution in [0.5, 0.6) is 0 Å². The lowest BCUT2D eigenvalue weighted by atomic mass is 9.93. The van der Waals surface area contributed by atoms with E-state index in [1.807, 2.05) is 53.1 Å². The molecular weight excluding hydrogens is 446 g/mol. The van der Waals surface area contributed by atoms with Crippen molar-refractivity contribution >= 4 is 16.9 Å². The summed E-state index contributed by atoms with van der Waals surface area (Å²) in [4.78, 5) is 20.9. The van der Waals surface area contributed by atoms with E-state index in [1.54, 1.807) is 0 Å². The van der Waals surface area contributed by atoms with Crippen LogP contribution in [-0.2, 0) is 17.9 Å². The molecule has 4 aromatic rings. The molecule has 1 heterocycles. The summed E-state index contributed by atoms with van der Waals surface area (Å²) in [7, 11) is 0. The van der Waals surface area contributed by atoms with Gasteiger partial charge in [-0.15, -0.1) is 0 Å². The Balaban J connectivity index is 1.53. The van der Waals surface area contributed by atoms with Crippen LogP contribution in [0.1, 0.15) is 66.3 Å². The number of hydrogen-bond acceptors (Lipinski definition) is 3. The Bertz CT molecular complexity index is 1320. The number of fused-ring (bicyclic) bond motifs is 1. The van der Waals surface area contributed by atoms with Crippen molar-refractivity contribution < 1.29 is 9.90 Å². The van der Waals surface area contributed by atoms with Crippen molar-refractivity contribution in [1.29, 1.82) is 0 Å². The highest BCUT2D eigenvalue weighted by atomic mass is 16.3. The highest BCUT2D eigenvalue weighted by Gasteiger charge is 2.28. The first kappa shape index (κ1) is 24.3. The molecule has 1 atom stereocenters. The number of amides is 1. The van der Waals surface area contributed by atoms with E-state index in [0.717, 1.165) is 59.0 Å². The van der Waals surface area contributed by atoms with Crippen LogP contribution in [0.4, 0.5) is 0 Å². The zero-order chi connectivity index (χ0) is 25.1. The zero-order valence-electron chi connectivity index (χ0n) is 21.2. The molecule has 3 aromatic carbocycles. The van der Waals surface area contributed by atoms with E-state index in [1.165, 1.54) is 6.42 Å². The molecule has 0 saturated heterocycles.